The van der Waals surface area contributed by atoms with Crippen molar-refractivity contribution in [3.63, 3.8) is 0 Å². The van der Waals surface area contributed by atoms with Gasteiger partial charge in [0.1, 0.15) is 5.82 Å². The Morgan fingerprint density at radius 3 is 2.63 bits per heavy atom. The van der Waals surface area contributed by atoms with E-state index in [2.05, 4.69) is 15.2 Å². The Hall–Kier alpha value is -3.37. The zero-order valence-corrected chi connectivity index (χ0v) is 16.8. The van der Waals surface area contributed by atoms with Crippen LogP contribution in [-0.4, -0.2) is 28.3 Å². The number of hydrogen-bond acceptors (Lipinski definition) is 6. The van der Waals surface area contributed by atoms with Crippen molar-refractivity contribution in [2.24, 2.45) is 12.2 Å². The Morgan fingerprint density at radius 2 is 1.90 bits per heavy atom. The molecule has 0 aliphatic rings. The van der Waals surface area contributed by atoms with Gasteiger partial charge in [-0.25, -0.2) is 17.9 Å². The topological polar surface area (TPSA) is 117 Å². The largest absolute Gasteiger partial charge is 0.333 e. The first-order chi connectivity index (χ1) is 14.3. The number of rotatable bonds is 6. The molecule has 10 heteroatoms. The third kappa shape index (κ3) is 4.14. The molecule has 8 nitrogen and oxygen atoms in total. The Labute approximate surface area is 172 Å². The minimum absolute atomic E-state index is 0.0345. The molecule has 0 atom stereocenters. The molecule has 0 aliphatic heterocycles. The monoisotopic (exact) mass is 427 g/mol. The van der Waals surface area contributed by atoms with Crippen molar-refractivity contribution in [1.29, 1.82) is 0 Å². The number of primary sulfonamides is 1. The first-order valence-corrected chi connectivity index (χ1v) is 10.6. The zero-order chi connectivity index (χ0) is 21.3. The van der Waals surface area contributed by atoms with Crippen LogP contribution in [0.15, 0.2) is 64.1 Å². The third-order valence-corrected chi connectivity index (χ3v) is 5.61. The lowest BCUT2D eigenvalue weighted by atomic mass is 10.1. The third-order valence-electron chi connectivity index (χ3n) is 4.70. The van der Waals surface area contributed by atoms with Crippen molar-refractivity contribution in [2.75, 3.05) is 0 Å². The smallest absolute Gasteiger partial charge is 0.261 e. The van der Waals surface area contributed by atoms with Crippen LogP contribution >= 0.6 is 0 Å². The van der Waals surface area contributed by atoms with E-state index in [0.717, 1.165) is 11.3 Å². The molecule has 4 rings (SSSR count). The second-order valence-corrected chi connectivity index (χ2v) is 8.31. The Balaban J connectivity index is 1.61. The first kappa shape index (κ1) is 19.9. The van der Waals surface area contributed by atoms with Gasteiger partial charge in [0.2, 0.25) is 15.8 Å². The SMILES string of the molecule is Cn1ncc(-c2nc(-c3cccc(S(N)(=O)=O)c3)no2)c1CCc1ccc(F)cc1. The van der Waals surface area contributed by atoms with Gasteiger partial charge in [0.15, 0.2) is 0 Å². The molecule has 0 amide bonds. The second kappa shape index (κ2) is 7.81. The van der Waals surface area contributed by atoms with Gasteiger partial charge in [-0.3, -0.25) is 4.68 Å². The molecule has 0 saturated carbocycles. The van der Waals surface area contributed by atoms with Crippen LogP contribution in [0.25, 0.3) is 22.8 Å². The van der Waals surface area contributed by atoms with Crippen molar-refractivity contribution >= 4 is 10.0 Å². The average Bonchev–Trinajstić information content (AvgIpc) is 3.34. The molecule has 30 heavy (non-hydrogen) atoms. The summed E-state index contributed by atoms with van der Waals surface area (Å²) in [7, 11) is -2.03. The molecular formula is C20H18FN5O3S. The maximum Gasteiger partial charge on any atom is 0.261 e. The maximum atomic E-state index is 13.1. The van der Waals surface area contributed by atoms with Crippen molar-refractivity contribution in [3.05, 3.63) is 71.8 Å². The number of halogens is 1. The van der Waals surface area contributed by atoms with Crippen molar-refractivity contribution in [3.8, 4) is 22.8 Å². The fourth-order valence-corrected chi connectivity index (χ4v) is 3.67. The number of aryl methyl sites for hydroxylation is 2. The van der Waals surface area contributed by atoms with Gasteiger partial charge in [-0.05, 0) is 42.7 Å². The number of hydrogen-bond donors (Lipinski definition) is 1. The van der Waals surface area contributed by atoms with E-state index in [0.29, 0.717) is 24.0 Å². The molecule has 2 aromatic carbocycles. The zero-order valence-electron chi connectivity index (χ0n) is 16.0. The van der Waals surface area contributed by atoms with Crippen molar-refractivity contribution in [2.45, 2.75) is 17.7 Å². The van der Waals surface area contributed by atoms with E-state index < -0.39 is 10.0 Å². The Bertz CT molecular complexity index is 1300. The van der Waals surface area contributed by atoms with E-state index in [9.17, 15) is 12.8 Å². The quantitative estimate of drug-likeness (QED) is 0.506. The summed E-state index contributed by atoms with van der Waals surface area (Å²) in [5, 5.41) is 13.4. The van der Waals surface area contributed by atoms with Crippen LogP contribution in [-0.2, 0) is 29.9 Å². The number of nitrogens with zero attached hydrogens (tertiary/aromatic N) is 4. The van der Waals surface area contributed by atoms with E-state index in [1.54, 1.807) is 35.1 Å². The van der Waals surface area contributed by atoms with Crippen LogP contribution in [0.2, 0.25) is 0 Å². The standard InChI is InChI=1S/C20H18FN5O3S/c1-26-18(10-7-13-5-8-15(21)9-6-13)17(12-23-26)20-24-19(25-29-20)14-3-2-4-16(11-14)30(22,27)28/h2-6,8-9,11-12H,7,10H2,1H3,(H2,22,27,28). The summed E-state index contributed by atoms with van der Waals surface area (Å²) in [5.74, 6) is 0.238. The summed E-state index contributed by atoms with van der Waals surface area (Å²) in [4.78, 5) is 4.36. The molecule has 0 unspecified atom stereocenters. The number of aromatic nitrogens is 4. The highest BCUT2D eigenvalue weighted by Crippen LogP contribution is 2.26. The van der Waals surface area contributed by atoms with Gasteiger partial charge >= 0.3 is 0 Å². The molecule has 0 spiro atoms. The van der Waals surface area contributed by atoms with Gasteiger partial charge in [-0.1, -0.05) is 29.4 Å². The number of sulfonamides is 1. The molecule has 2 N–H and O–H groups in total. The van der Waals surface area contributed by atoms with E-state index >= 15 is 0 Å². The average molecular weight is 427 g/mol. The molecule has 0 fully saturated rings. The molecule has 0 aliphatic carbocycles. The predicted molar refractivity (Wildman–Crippen MR) is 107 cm³/mol. The highest BCUT2D eigenvalue weighted by Gasteiger charge is 2.19. The maximum absolute atomic E-state index is 13.1. The van der Waals surface area contributed by atoms with E-state index in [4.69, 9.17) is 9.66 Å². The van der Waals surface area contributed by atoms with E-state index in [-0.39, 0.29) is 22.4 Å². The molecule has 0 bridgehead atoms. The summed E-state index contributed by atoms with van der Waals surface area (Å²) < 4.78 is 43.4. The molecule has 154 valence electrons. The molecule has 2 heterocycles. The summed E-state index contributed by atoms with van der Waals surface area (Å²) in [6, 6.07) is 12.4. The minimum atomic E-state index is -3.84. The van der Waals surface area contributed by atoms with E-state index in [1.807, 2.05) is 7.05 Å². The van der Waals surface area contributed by atoms with Crippen molar-refractivity contribution < 1.29 is 17.3 Å². The Kier molecular flexibility index (Phi) is 5.18. The van der Waals surface area contributed by atoms with Gasteiger partial charge in [-0.15, -0.1) is 0 Å². The highest BCUT2D eigenvalue weighted by molar-refractivity contribution is 7.89. The fourth-order valence-electron chi connectivity index (χ4n) is 3.11. The summed E-state index contributed by atoms with van der Waals surface area (Å²) in [5.41, 5.74) is 3.02. The van der Waals surface area contributed by atoms with Crippen LogP contribution in [0.1, 0.15) is 11.3 Å². The molecular weight excluding hydrogens is 409 g/mol. The predicted octanol–water partition coefficient (Wildman–Crippen LogP) is 2.71. The van der Waals surface area contributed by atoms with Crippen LogP contribution < -0.4 is 5.14 Å². The van der Waals surface area contributed by atoms with Crippen LogP contribution in [0.5, 0.6) is 0 Å². The Morgan fingerprint density at radius 1 is 1.13 bits per heavy atom. The van der Waals surface area contributed by atoms with Crippen LogP contribution in [0.4, 0.5) is 4.39 Å². The lowest BCUT2D eigenvalue weighted by Crippen LogP contribution is -2.11. The summed E-state index contributed by atoms with van der Waals surface area (Å²) in [6.07, 6.45) is 2.96. The first-order valence-electron chi connectivity index (χ1n) is 9.04. The lowest BCUT2D eigenvalue weighted by molar-refractivity contribution is 0.432. The van der Waals surface area contributed by atoms with Crippen LogP contribution in [0.3, 0.4) is 0 Å². The molecule has 0 radical (unpaired) electrons. The van der Waals surface area contributed by atoms with Gasteiger partial charge < -0.3 is 4.52 Å². The summed E-state index contributed by atoms with van der Waals surface area (Å²) in [6.45, 7) is 0. The molecule has 0 saturated heterocycles. The normalized spacial score (nSPS) is 11.7. The number of nitrogens with two attached hydrogens (primary N) is 1. The van der Waals surface area contributed by atoms with Gasteiger partial charge in [0, 0.05) is 12.6 Å². The number of benzene rings is 2. The van der Waals surface area contributed by atoms with E-state index in [1.165, 1.54) is 24.3 Å². The van der Waals surface area contributed by atoms with Crippen LogP contribution in [0, 0.1) is 5.82 Å². The van der Waals surface area contributed by atoms with Gasteiger partial charge in [0.25, 0.3) is 5.89 Å². The fraction of sp³-hybridized carbons (Fsp3) is 0.150. The van der Waals surface area contributed by atoms with Gasteiger partial charge in [-0.2, -0.15) is 10.1 Å². The summed E-state index contributed by atoms with van der Waals surface area (Å²) >= 11 is 0. The minimum Gasteiger partial charge on any atom is -0.333 e. The molecule has 4 aromatic rings. The van der Waals surface area contributed by atoms with Crippen molar-refractivity contribution in [1.82, 2.24) is 19.9 Å². The lowest BCUT2D eigenvalue weighted by Gasteiger charge is -2.04. The highest BCUT2D eigenvalue weighted by atomic mass is 32.2. The van der Waals surface area contributed by atoms with Gasteiger partial charge in [0.05, 0.1) is 22.3 Å². The molecule has 2 aromatic heterocycles. The second-order valence-electron chi connectivity index (χ2n) is 6.75.